The second-order valence-electron chi connectivity index (χ2n) is 4.73. The van der Waals surface area contributed by atoms with Gasteiger partial charge in [-0.05, 0) is 12.5 Å². The molecule has 0 aliphatic heterocycles. The zero-order valence-electron chi connectivity index (χ0n) is 11.7. The van der Waals surface area contributed by atoms with E-state index in [-0.39, 0.29) is 16.0 Å². The van der Waals surface area contributed by atoms with Crippen molar-refractivity contribution in [3.05, 3.63) is 46.7 Å². The molecule has 2 heterocycles. The third-order valence-electron chi connectivity index (χ3n) is 3.09. The van der Waals surface area contributed by atoms with Crippen molar-refractivity contribution in [2.24, 2.45) is 0 Å². The van der Waals surface area contributed by atoms with Gasteiger partial charge in [0.05, 0.1) is 6.04 Å². The van der Waals surface area contributed by atoms with Crippen molar-refractivity contribution in [1.29, 1.82) is 0 Å². The topological polar surface area (TPSA) is 72.2 Å². The molecule has 23 heavy (non-hydrogen) atoms. The fourth-order valence-corrected chi connectivity index (χ4v) is 2.71. The third kappa shape index (κ3) is 3.02. The Bertz CT molecular complexity index is 842. The molecule has 0 aliphatic carbocycles. The number of halogens is 3. The number of amides is 1. The average Bonchev–Trinajstić information content (AvgIpc) is 3.06. The lowest BCUT2D eigenvalue weighted by atomic mass is 10.1. The number of carbonyl (C=O) groups is 1. The van der Waals surface area contributed by atoms with E-state index in [0.717, 1.165) is 16.9 Å². The van der Waals surface area contributed by atoms with Crippen LogP contribution in [0, 0.1) is 0 Å². The molecule has 1 atom stereocenters. The number of carbonyl (C=O) groups excluding carboxylic acids is 1. The lowest BCUT2D eigenvalue weighted by Crippen LogP contribution is -2.26. The molecule has 0 saturated heterocycles. The van der Waals surface area contributed by atoms with Crippen molar-refractivity contribution in [3.8, 4) is 0 Å². The number of rotatable bonds is 3. The summed E-state index contributed by atoms with van der Waals surface area (Å²) in [7, 11) is 0. The molecule has 3 rings (SSSR count). The van der Waals surface area contributed by atoms with Crippen molar-refractivity contribution >= 4 is 22.2 Å². The minimum atomic E-state index is -4.68. The summed E-state index contributed by atoms with van der Waals surface area (Å²) in [5.74, 6) is -1.82. The van der Waals surface area contributed by atoms with Gasteiger partial charge >= 0.3 is 6.18 Å². The standard InChI is InChI=1S/C13H10F3N5OS/c1-7(8-5-3-2-4-6-8)17-9(22)10-20-21-11(13(14,15)16)18-19-12(21)23-10/h2-7H,1H3,(H,17,22). The number of hydrogen-bond acceptors (Lipinski definition) is 5. The molecule has 0 fully saturated rings. The molecule has 3 aromatic rings. The molecule has 0 saturated carbocycles. The van der Waals surface area contributed by atoms with E-state index in [1.54, 1.807) is 6.92 Å². The highest BCUT2D eigenvalue weighted by Crippen LogP contribution is 2.29. The van der Waals surface area contributed by atoms with E-state index in [1.807, 2.05) is 30.3 Å². The molecule has 1 unspecified atom stereocenters. The second kappa shape index (κ2) is 5.61. The van der Waals surface area contributed by atoms with Gasteiger partial charge in [0, 0.05) is 0 Å². The Morgan fingerprint density at radius 2 is 1.96 bits per heavy atom. The van der Waals surface area contributed by atoms with Crippen molar-refractivity contribution in [1.82, 2.24) is 25.1 Å². The Morgan fingerprint density at radius 3 is 2.61 bits per heavy atom. The van der Waals surface area contributed by atoms with E-state index in [2.05, 4.69) is 20.6 Å². The second-order valence-corrected chi connectivity index (χ2v) is 5.68. The molecule has 1 amide bonds. The highest BCUT2D eigenvalue weighted by Gasteiger charge is 2.38. The first-order valence-electron chi connectivity index (χ1n) is 6.51. The van der Waals surface area contributed by atoms with Gasteiger partial charge in [-0.1, -0.05) is 41.7 Å². The van der Waals surface area contributed by atoms with Crippen LogP contribution in [-0.4, -0.2) is 25.7 Å². The number of nitrogens with one attached hydrogen (secondary N) is 1. The molecule has 0 spiro atoms. The summed E-state index contributed by atoms with van der Waals surface area (Å²) in [6.07, 6.45) is -4.68. The van der Waals surface area contributed by atoms with E-state index in [9.17, 15) is 18.0 Å². The van der Waals surface area contributed by atoms with Crippen LogP contribution in [0.25, 0.3) is 4.96 Å². The van der Waals surface area contributed by atoms with Crippen LogP contribution in [0.15, 0.2) is 30.3 Å². The first-order chi connectivity index (χ1) is 10.9. The lowest BCUT2D eigenvalue weighted by molar-refractivity contribution is -0.146. The van der Waals surface area contributed by atoms with Crippen molar-refractivity contribution in [2.75, 3.05) is 0 Å². The van der Waals surface area contributed by atoms with Gasteiger partial charge in [0.15, 0.2) is 0 Å². The lowest BCUT2D eigenvalue weighted by Gasteiger charge is -2.12. The number of aromatic nitrogens is 4. The van der Waals surface area contributed by atoms with Crippen LogP contribution >= 0.6 is 11.3 Å². The quantitative estimate of drug-likeness (QED) is 0.795. The van der Waals surface area contributed by atoms with Crippen molar-refractivity contribution in [3.63, 3.8) is 0 Å². The highest BCUT2D eigenvalue weighted by atomic mass is 32.1. The monoisotopic (exact) mass is 341 g/mol. The first-order valence-corrected chi connectivity index (χ1v) is 7.33. The first kappa shape index (κ1) is 15.4. The van der Waals surface area contributed by atoms with Crippen LogP contribution in [0.5, 0.6) is 0 Å². The van der Waals surface area contributed by atoms with Gasteiger partial charge in [-0.2, -0.15) is 17.7 Å². The fourth-order valence-electron chi connectivity index (χ4n) is 1.97. The van der Waals surface area contributed by atoms with Gasteiger partial charge in [-0.15, -0.1) is 15.3 Å². The SMILES string of the molecule is CC(NC(=O)c1nn2c(C(F)(F)F)nnc2s1)c1ccccc1. The zero-order chi connectivity index (χ0) is 16.6. The summed E-state index contributed by atoms with van der Waals surface area (Å²) < 4.78 is 38.7. The Labute approximate surface area is 132 Å². The molecular formula is C13H10F3N5OS. The van der Waals surface area contributed by atoms with E-state index in [0.29, 0.717) is 4.52 Å². The van der Waals surface area contributed by atoms with Gasteiger partial charge in [0.25, 0.3) is 11.7 Å². The molecular weight excluding hydrogens is 331 g/mol. The summed E-state index contributed by atoms with van der Waals surface area (Å²) in [5, 5.41) is 12.7. The summed E-state index contributed by atoms with van der Waals surface area (Å²) in [5.41, 5.74) is 0.875. The minimum absolute atomic E-state index is 0.0881. The highest BCUT2D eigenvalue weighted by molar-refractivity contribution is 7.18. The predicted octanol–water partition coefficient (Wildman–Crippen LogP) is 2.70. The van der Waals surface area contributed by atoms with Gasteiger partial charge < -0.3 is 5.32 Å². The Kier molecular flexibility index (Phi) is 3.76. The van der Waals surface area contributed by atoms with Gasteiger partial charge in [-0.3, -0.25) is 4.79 Å². The minimum Gasteiger partial charge on any atom is -0.343 e. The van der Waals surface area contributed by atoms with E-state index >= 15 is 0 Å². The van der Waals surface area contributed by atoms with Crippen LogP contribution in [0.4, 0.5) is 13.2 Å². The molecule has 1 aromatic carbocycles. The molecule has 0 bridgehead atoms. The summed E-state index contributed by atoms with van der Waals surface area (Å²) in [6, 6.07) is 8.88. The number of benzene rings is 1. The van der Waals surface area contributed by atoms with Crippen LogP contribution in [0.3, 0.4) is 0 Å². The maximum atomic E-state index is 12.7. The molecule has 2 aromatic heterocycles. The number of fused-ring (bicyclic) bond motifs is 1. The van der Waals surface area contributed by atoms with Crippen LogP contribution in [0.2, 0.25) is 0 Å². The summed E-state index contributed by atoms with van der Waals surface area (Å²) >= 11 is 0.746. The number of nitrogens with zero attached hydrogens (tertiary/aromatic N) is 4. The Morgan fingerprint density at radius 1 is 1.26 bits per heavy atom. The summed E-state index contributed by atoms with van der Waals surface area (Å²) in [6.45, 7) is 1.77. The molecule has 1 N–H and O–H groups in total. The van der Waals surface area contributed by atoms with Gasteiger partial charge in [-0.25, -0.2) is 0 Å². The fraction of sp³-hybridized carbons (Fsp3) is 0.231. The smallest absolute Gasteiger partial charge is 0.343 e. The normalized spacial score (nSPS) is 13.2. The Hall–Kier alpha value is -2.49. The maximum absolute atomic E-state index is 12.7. The van der Waals surface area contributed by atoms with Crippen LogP contribution < -0.4 is 5.32 Å². The van der Waals surface area contributed by atoms with Crippen LogP contribution in [0.1, 0.15) is 34.2 Å². The van der Waals surface area contributed by atoms with Crippen molar-refractivity contribution < 1.29 is 18.0 Å². The van der Waals surface area contributed by atoms with E-state index < -0.39 is 17.9 Å². The zero-order valence-corrected chi connectivity index (χ0v) is 12.5. The average molecular weight is 341 g/mol. The molecule has 0 radical (unpaired) electrons. The predicted molar refractivity (Wildman–Crippen MR) is 76.0 cm³/mol. The molecule has 6 nitrogen and oxygen atoms in total. The van der Waals surface area contributed by atoms with E-state index in [4.69, 9.17) is 0 Å². The molecule has 0 aliphatic rings. The van der Waals surface area contributed by atoms with Gasteiger partial charge in [0.1, 0.15) is 0 Å². The van der Waals surface area contributed by atoms with Crippen molar-refractivity contribution in [2.45, 2.75) is 19.1 Å². The number of hydrogen-bond donors (Lipinski definition) is 1. The molecule has 120 valence electrons. The maximum Gasteiger partial charge on any atom is 0.453 e. The number of alkyl halides is 3. The largest absolute Gasteiger partial charge is 0.453 e. The summed E-state index contributed by atoms with van der Waals surface area (Å²) in [4.78, 5) is 12.1. The van der Waals surface area contributed by atoms with Gasteiger partial charge in [0.2, 0.25) is 9.97 Å². The molecule has 10 heteroatoms. The third-order valence-corrected chi connectivity index (χ3v) is 3.98. The Balaban J connectivity index is 1.83. The van der Waals surface area contributed by atoms with Crippen LogP contribution in [-0.2, 0) is 6.18 Å². The van der Waals surface area contributed by atoms with E-state index in [1.165, 1.54) is 0 Å².